The van der Waals surface area contributed by atoms with Crippen molar-refractivity contribution in [1.29, 1.82) is 0 Å². The van der Waals surface area contributed by atoms with Crippen molar-refractivity contribution in [3.63, 3.8) is 0 Å². The Morgan fingerprint density at radius 3 is 0.722 bits per heavy atom. The van der Waals surface area contributed by atoms with Crippen LogP contribution in [-0.2, 0) is 26.2 Å². The van der Waals surface area contributed by atoms with Gasteiger partial charge in [0.05, 0.1) is 0 Å². The van der Waals surface area contributed by atoms with Gasteiger partial charge in [0.25, 0.3) is 0 Å². The maximum Gasteiger partial charge on any atom is 2.00 e. The second kappa shape index (κ2) is 51.7. The van der Waals surface area contributed by atoms with Gasteiger partial charge in [-0.05, 0) is 103 Å². The maximum atomic E-state index is 6.59. The van der Waals surface area contributed by atoms with E-state index in [-0.39, 0.29) is 45.1 Å². The first-order chi connectivity index (χ1) is 16.7. The van der Waals surface area contributed by atoms with Crippen LogP contribution in [0.1, 0.15) is 117 Å². The van der Waals surface area contributed by atoms with E-state index < -0.39 is 0 Å². The fourth-order valence-corrected chi connectivity index (χ4v) is 2.56. The van der Waals surface area contributed by atoms with Crippen LogP contribution in [0.4, 0.5) is 0 Å². The van der Waals surface area contributed by atoms with Crippen LogP contribution >= 0.6 is 0 Å². The molecule has 0 aromatic heterocycles. The summed E-state index contributed by atoms with van der Waals surface area (Å²) in [5.74, 6) is 7.13. The largest absolute Gasteiger partial charge is 2.00 e. The predicted octanol–water partition coefficient (Wildman–Crippen LogP) is 6.68. The molecular formula is C34H49LiZr. The maximum absolute atomic E-state index is 6.59. The minimum absolute atomic E-state index is 0. The molecule has 36 heavy (non-hydrogen) atoms. The molecule has 2 aliphatic carbocycles. The first-order valence-electron chi connectivity index (χ1n) is 13.3. The Hall–Kier alpha value is 0.161. The second-order valence-electron chi connectivity index (χ2n) is 7.89. The minimum atomic E-state index is 0. The molecule has 2 rings (SSSR count). The Kier molecular flexibility index (Phi) is 66.2. The summed E-state index contributed by atoms with van der Waals surface area (Å²) in [4.78, 5) is 0. The predicted molar refractivity (Wildman–Crippen MR) is 151 cm³/mol. The van der Waals surface area contributed by atoms with Gasteiger partial charge in [0.15, 0.2) is 0 Å². The summed E-state index contributed by atoms with van der Waals surface area (Å²) in [7, 11) is 0. The molecule has 0 atom stereocenters. The van der Waals surface area contributed by atoms with Gasteiger partial charge in [-0.25, -0.2) is 0 Å². The average Bonchev–Trinajstić information content (AvgIpc) is 3.63. The van der Waals surface area contributed by atoms with E-state index in [2.05, 4.69) is 38.5 Å². The summed E-state index contributed by atoms with van der Waals surface area (Å²) >= 11 is 0. The van der Waals surface area contributed by atoms with Crippen LogP contribution in [0, 0.1) is 101 Å². The Balaban J connectivity index is -0.000000111. The van der Waals surface area contributed by atoms with E-state index in [4.69, 9.17) is 19.3 Å². The molecule has 0 aromatic rings. The van der Waals surface area contributed by atoms with E-state index in [0.29, 0.717) is 0 Å². The van der Waals surface area contributed by atoms with Crippen LogP contribution in [0.5, 0.6) is 0 Å². The SMILES string of the molecule is [C-]#CCCCCCC.[C-]#CCCCCCC.[C-]#CCCCCCC.[CH]1[CH][CH][CH][CH]1.[CH]1[CH][CH][CH][CH]1.[Li+].[Zr+2]. The van der Waals surface area contributed by atoms with E-state index in [1.165, 1.54) is 57.8 Å². The standard InChI is InChI=1S/3C8H13.2C5H5.Li.Zr/c3*1-3-5-7-8-6-4-2;2*1-2-4-5-3-1;;/h3*3,5-8H2,1H3;2*1-5H;;/q3*-1;;;+1;+2. The molecule has 0 bridgehead atoms. The molecule has 2 fully saturated rings. The Labute approximate surface area is 261 Å². The fraction of sp³-hybridized carbons (Fsp3) is 0.529. The van der Waals surface area contributed by atoms with E-state index in [1.54, 1.807) is 0 Å². The molecule has 2 heteroatoms. The second-order valence-corrected chi connectivity index (χ2v) is 7.89. The Bertz CT molecular complexity index is 366. The van der Waals surface area contributed by atoms with Gasteiger partial charge in [-0.1, -0.05) is 78.6 Å². The van der Waals surface area contributed by atoms with Crippen molar-refractivity contribution in [1.82, 2.24) is 0 Å². The Morgan fingerprint density at radius 1 is 0.389 bits per heavy atom. The first kappa shape index (κ1) is 46.0. The number of hydrogen-bond donors (Lipinski definition) is 0. The van der Waals surface area contributed by atoms with E-state index in [1.807, 2.05) is 64.2 Å². The summed E-state index contributed by atoms with van der Waals surface area (Å²) in [6.07, 6.45) is 57.3. The zero-order valence-corrected chi connectivity index (χ0v) is 26.3. The molecule has 2 saturated carbocycles. The van der Waals surface area contributed by atoms with Crippen LogP contribution < -0.4 is 18.9 Å². The number of hydrogen-bond acceptors (Lipinski definition) is 0. The van der Waals surface area contributed by atoms with Crippen LogP contribution in [-0.4, -0.2) is 0 Å². The molecule has 0 unspecified atom stereocenters. The fourth-order valence-electron chi connectivity index (χ4n) is 2.56. The third kappa shape index (κ3) is 59.3. The molecular weight excluding hydrogens is 507 g/mol. The molecule has 0 heterocycles. The smallest absolute Gasteiger partial charge is 0.694 e. The quantitative estimate of drug-likeness (QED) is 0.109. The first-order valence-corrected chi connectivity index (χ1v) is 13.3. The van der Waals surface area contributed by atoms with Crippen molar-refractivity contribution in [3.05, 3.63) is 83.5 Å². The average molecular weight is 556 g/mol. The molecule has 10 radical (unpaired) electrons. The topological polar surface area (TPSA) is 0 Å². The molecule has 0 saturated heterocycles. The monoisotopic (exact) mass is 554 g/mol. The van der Waals surface area contributed by atoms with Gasteiger partial charge in [-0.2, -0.15) is 0 Å². The molecule has 0 nitrogen and oxygen atoms in total. The molecule has 0 amide bonds. The summed E-state index contributed by atoms with van der Waals surface area (Å²) in [6.45, 7) is 6.57. The molecule has 0 N–H and O–H groups in total. The van der Waals surface area contributed by atoms with Gasteiger partial charge in [0.1, 0.15) is 0 Å². The van der Waals surface area contributed by atoms with Gasteiger partial charge in [-0.15, -0.1) is 0 Å². The van der Waals surface area contributed by atoms with E-state index >= 15 is 0 Å². The zero-order valence-electron chi connectivity index (χ0n) is 23.9. The van der Waals surface area contributed by atoms with Crippen molar-refractivity contribution < 1.29 is 45.1 Å². The minimum Gasteiger partial charge on any atom is -0.694 e. The third-order valence-electron chi connectivity index (χ3n) is 4.58. The molecule has 2 aliphatic rings. The normalized spacial score (nSPS) is 12.3. The van der Waals surface area contributed by atoms with E-state index in [9.17, 15) is 0 Å². The van der Waals surface area contributed by atoms with E-state index in [0.717, 1.165) is 38.5 Å². The Morgan fingerprint density at radius 2 is 0.583 bits per heavy atom. The van der Waals surface area contributed by atoms with Crippen LogP contribution in [0.25, 0.3) is 0 Å². The van der Waals surface area contributed by atoms with Crippen molar-refractivity contribution >= 4 is 0 Å². The molecule has 190 valence electrons. The summed E-state index contributed by atoms with van der Waals surface area (Å²) in [5.41, 5.74) is 0. The third-order valence-corrected chi connectivity index (χ3v) is 4.58. The van der Waals surface area contributed by atoms with Crippen molar-refractivity contribution in [2.24, 2.45) is 0 Å². The van der Waals surface area contributed by atoms with Crippen molar-refractivity contribution in [3.8, 4) is 17.8 Å². The van der Waals surface area contributed by atoms with Crippen molar-refractivity contribution in [2.45, 2.75) is 117 Å². The summed E-state index contributed by atoms with van der Waals surface area (Å²) in [6, 6.07) is 0. The zero-order chi connectivity index (χ0) is 25.8. The van der Waals surface area contributed by atoms with Gasteiger partial charge < -0.3 is 37.0 Å². The summed E-state index contributed by atoms with van der Waals surface area (Å²) < 4.78 is 0. The van der Waals surface area contributed by atoms with Crippen LogP contribution in [0.15, 0.2) is 0 Å². The van der Waals surface area contributed by atoms with Crippen LogP contribution in [0.3, 0.4) is 0 Å². The van der Waals surface area contributed by atoms with Gasteiger partial charge in [-0.3, -0.25) is 0 Å². The van der Waals surface area contributed by atoms with Gasteiger partial charge in [0.2, 0.25) is 0 Å². The summed E-state index contributed by atoms with van der Waals surface area (Å²) in [5, 5.41) is 0. The van der Waals surface area contributed by atoms with Gasteiger partial charge in [0, 0.05) is 0 Å². The number of unbranched alkanes of at least 4 members (excludes halogenated alkanes) is 12. The van der Waals surface area contributed by atoms with Crippen LogP contribution in [0.2, 0.25) is 0 Å². The van der Waals surface area contributed by atoms with Crippen molar-refractivity contribution in [2.75, 3.05) is 0 Å². The van der Waals surface area contributed by atoms with Gasteiger partial charge >= 0.3 is 45.1 Å². The molecule has 0 spiro atoms. The molecule has 0 aliphatic heterocycles. The number of rotatable bonds is 12. The molecule has 0 aromatic carbocycles.